The second kappa shape index (κ2) is 6.21. The summed E-state index contributed by atoms with van der Waals surface area (Å²) in [6.45, 7) is 4.01. The monoisotopic (exact) mass is 255 g/mol. The normalized spacial score (nSPS) is 19.4. The number of nitriles is 1. The first kappa shape index (κ1) is 14.3. The lowest BCUT2D eigenvalue weighted by Gasteiger charge is -2.35. The van der Waals surface area contributed by atoms with Gasteiger partial charge in [-0.25, -0.2) is 4.79 Å². The summed E-state index contributed by atoms with van der Waals surface area (Å²) >= 11 is 0. The minimum atomic E-state index is -1.05. The van der Waals surface area contributed by atoms with Gasteiger partial charge in [0.2, 0.25) is 0 Å². The number of carboxylic acids is 1. The Morgan fingerprint density at radius 2 is 2.28 bits per heavy atom. The number of urea groups is 1. The molecule has 2 amide bonds. The molecule has 0 aromatic heterocycles. The zero-order chi connectivity index (χ0) is 13.7. The van der Waals surface area contributed by atoms with E-state index in [2.05, 4.69) is 0 Å². The topological polar surface area (TPSA) is 93.9 Å². The average Bonchev–Trinajstić information content (AvgIpc) is 2.34. The largest absolute Gasteiger partial charge is 0.480 e. The van der Waals surface area contributed by atoms with Gasteiger partial charge in [-0.1, -0.05) is 0 Å². The molecular formula is C11H17N3O4. The zero-order valence-electron chi connectivity index (χ0n) is 10.5. The van der Waals surface area contributed by atoms with Crippen LogP contribution in [0.5, 0.6) is 0 Å². The van der Waals surface area contributed by atoms with E-state index in [1.807, 2.05) is 6.07 Å². The smallest absolute Gasteiger partial charge is 0.323 e. The minimum Gasteiger partial charge on any atom is -0.480 e. The first-order valence-electron chi connectivity index (χ1n) is 5.74. The van der Waals surface area contributed by atoms with Crippen LogP contribution in [-0.4, -0.2) is 65.3 Å². The molecule has 1 atom stereocenters. The number of carbonyl (C=O) groups excluding carboxylic acids is 1. The van der Waals surface area contributed by atoms with E-state index in [0.29, 0.717) is 13.2 Å². The third kappa shape index (κ3) is 3.60. The van der Waals surface area contributed by atoms with Crippen molar-refractivity contribution in [1.82, 2.24) is 9.80 Å². The molecule has 0 aromatic rings. The maximum absolute atomic E-state index is 12.2. The molecule has 100 valence electrons. The second-order valence-corrected chi connectivity index (χ2v) is 4.33. The molecule has 7 heteroatoms. The first-order chi connectivity index (χ1) is 8.45. The van der Waals surface area contributed by atoms with Crippen molar-refractivity contribution in [2.24, 2.45) is 0 Å². The Bertz CT molecular complexity index is 364. The summed E-state index contributed by atoms with van der Waals surface area (Å²) < 4.78 is 5.14. The van der Waals surface area contributed by atoms with Gasteiger partial charge in [-0.05, 0) is 13.8 Å². The fourth-order valence-electron chi connectivity index (χ4n) is 1.70. The van der Waals surface area contributed by atoms with Crippen LogP contribution in [0.25, 0.3) is 0 Å². The molecule has 1 unspecified atom stereocenters. The highest BCUT2D eigenvalue weighted by Gasteiger charge is 2.29. The Morgan fingerprint density at radius 3 is 2.78 bits per heavy atom. The molecule has 7 nitrogen and oxygen atoms in total. The summed E-state index contributed by atoms with van der Waals surface area (Å²) in [6.07, 6.45) is -0.637. The molecule has 1 saturated heterocycles. The molecule has 0 aliphatic carbocycles. The molecular weight excluding hydrogens is 238 g/mol. The number of hydrogen-bond donors (Lipinski definition) is 1. The van der Waals surface area contributed by atoms with Crippen molar-refractivity contribution in [2.75, 3.05) is 26.2 Å². The van der Waals surface area contributed by atoms with Crippen molar-refractivity contribution in [3.8, 4) is 6.07 Å². The van der Waals surface area contributed by atoms with Crippen LogP contribution in [0.1, 0.15) is 13.8 Å². The fraction of sp³-hybridized carbons (Fsp3) is 0.727. The van der Waals surface area contributed by atoms with Crippen molar-refractivity contribution in [3.05, 3.63) is 0 Å². The number of carboxylic acid groups (broad SMARTS) is 1. The molecule has 0 radical (unpaired) electrons. The Kier molecular flexibility index (Phi) is 4.92. The van der Waals surface area contributed by atoms with Crippen LogP contribution >= 0.6 is 0 Å². The Morgan fingerprint density at radius 1 is 1.61 bits per heavy atom. The van der Waals surface area contributed by atoms with Gasteiger partial charge in [0, 0.05) is 12.6 Å². The number of ether oxygens (including phenoxy) is 1. The maximum atomic E-state index is 12.2. The predicted molar refractivity (Wildman–Crippen MR) is 61.8 cm³/mol. The molecule has 18 heavy (non-hydrogen) atoms. The van der Waals surface area contributed by atoms with Crippen molar-refractivity contribution in [1.29, 1.82) is 5.26 Å². The van der Waals surface area contributed by atoms with E-state index >= 15 is 0 Å². The summed E-state index contributed by atoms with van der Waals surface area (Å²) in [5.41, 5.74) is 0. The van der Waals surface area contributed by atoms with Gasteiger partial charge < -0.3 is 19.6 Å². The molecule has 1 aliphatic heterocycles. The van der Waals surface area contributed by atoms with Crippen molar-refractivity contribution in [2.45, 2.75) is 26.0 Å². The summed E-state index contributed by atoms with van der Waals surface area (Å²) in [4.78, 5) is 25.6. The third-order valence-electron chi connectivity index (χ3n) is 2.66. The third-order valence-corrected chi connectivity index (χ3v) is 2.66. The van der Waals surface area contributed by atoms with Gasteiger partial charge in [0.1, 0.15) is 6.54 Å². The number of aliphatic carboxylic acids is 1. The van der Waals surface area contributed by atoms with Crippen molar-refractivity contribution >= 4 is 12.0 Å². The standard InChI is InChI=1S/C11H17N3O4/c1-8(2)14(7-10(15)16)11(17)13-3-4-18-9(5-12)6-13/h8-9H,3-4,6-7H2,1-2H3,(H,15,16). The zero-order valence-corrected chi connectivity index (χ0v) is 10.5. The SMILES string of the molecule is CC(C)N(CC(=O)O)C(=O)N1CCOC(C#N)C1. The lowest BCUT2D eigenvalue weighted by Crippen LogP contribution is -2.53. The van der Waals surface area contributed by atoms with Crippen LogP contribution in [0.3, 0.4) is 0 Å². The van der Waals surface area contributed by atoms with Crippen LogP contribution in [0.2, 0.25) is 0 Å². The number of morpholine rings is 1. The van der Waals surface area contributed by atoms with Crippen LogP contribution in [-0.2, 0) is 9.53 Å². The molecule has 0 bridgehead atoms. The highest BCUT2D eigenvalue weighted by molar-refractivity contribution is 5.80. The van der Waals surface area contributed by atoms with E-state index < -0.39 is 12.1 Å². The number of carbonyl (C=O) groups is 2. The van der Waals surface area contributed by atoms with Gasteiger partial charge in [0.25, 0.3) is 0 Å². The quantitative estimate of drug-likeness (QED) is 0.773. The van der Waals surface area contributed by atoms with Gasteiger partial charge in [-0.2, -0.15) is 5.26 Å². The van der Waals surface area contributed by atoms with Gasteiger partial charge in [-0.15, -0.1) is 0 Å². The minimum absolute atomic E-state index is 0.179. The van der Waals surface area contributed by atoms with Crippen molar-refractivity contribution < 1.29 is 19.4 Å². The van der Waals surface area contributed by atoms with E-state index in [0.717, 1.165) is 0 Å². The number of amides is 2. The molecule has 0 spiro atoms. The van der Waals surface area contributed by atoms with Crippen LogP contribution < -0.4 is 0 Å². The number of hydrogen-bond acceptors (Lipinski definition) is 4. The lowest BCUT2D eigenvalue weighted by molar-refractivity contribution is -0.138. The number of rotatable bonds is 3. The summed E-state index contributed by atoms with van der Waals surface area (Å²) in [7, 11) is 0. The molecule has 1 fully saturated rings. The Balaban J connectivity index is 2.70. The molecule has 0 saturated carbocycles. The average molecular weight is 255 g/mol. The summed E-state index contributed by atoms with van der Waals surface area (Å²) in [5.74, 6) is -1.05. The lowest BCUT2D eigenvalue weighted by atomic mass is 10.3. The van der Waals surface area contributed by atoms with E-state index in [-0.39, 0.29) is 25.2 Å². The molecule has 1 rings (SSSR count). The van der Waals surface area contributed by atoms with E-state index in [9.17, 15) is 9.59 Å². The van der Waals surface area contributed by atoms with Gasteiger partial charge in [0.05, 0.1) is 19.2 Å². The van der Waals surface area contributed by atoms with E-state index in [1.165, 1.54) is 9.80 Å². The van der Waals surface area contributed by atoms with Crippen LogP contribution in [0.15, 0.2) is 0 Å². The Labute approximate surface area is 106 Å². The van der Waals surface area contributed by atoms with Gasteiger partial charge in [0.15, 0.2) is 6.10 Å². The maximum Gasteiger partial charge on any atom is 0.323 e. The van der Waals surface area contributed by atoms with Gasteiger partial charge in [-0.3, -0.25) is 4.79 Å². The van der Waals surface area contributed by atoms with Crippen molar-refractivity contribution in [3.63, 3.8) is 0 Å². The summed E-state index contributed by atoms with van der Waals surface area (Å²) in [6, 6.07) is 1.37. The van der Waals surface area contributed by atoms with E-state index in [4.69, 9.17) is 15.1 Å². The number of nitrogens with zero attached hydrogens (tertiary/aromatic N) is 3. The highest BCUT2D eigenvalue weighted by Crippen LogP contribution is 2.10. The first-order valence-corrected chi connectivity index (χ1v) is 5.74. The predicted octanol–water partition coefficient (Wildman–Crippen LogP) is 0.126. The molecule has 1 heterocycles. The van der Waals surface area contributed by atoms with E-state index in [1.54, 1.807) is 13.8 Å². The van der Waals surface area contributed by atoms with Crippen LogP contribution in [0, 0.1) is 11.3 Å². The van der Waals surface area contributed by atoms with Gasteiger partial charge >= 0.3 is 12.0 Å². The van der Waals surface area contributed by atoms with Crippen LogP contribution in [0.4, 0.5) is 4.79 Å². The fourth-order valence-corrected chi connectivity index (χ4v) is 1.70. The summed E-state index contributed by atoms with van der Waals surface area (Å²) in [5, 5.41) is 17.6. The molecule has 0 aromatic carbocycles. The second-order valence-electron chi connectivity index (χ2n) is 4.33. The highest BCUT2D eigenvalue weighted by atomic mass is 16.5. The Hall–Kier alpha value is -1.81. The molecule has 1 N–H and O–H groups in total. The molecule has 1 aliphatic rings.